The first-order valence-electron chi connectivity index (χ1n) is 9.32. The molecular weight excluding hydrogens is 358 g/mol. The maximum Gasteiger partial charge on any atom is 0.241 e. The van der Waals surface area contributed by atoms with E-state index >= 15 is 0 Å². The number of hydrogen-bond donors (Lipinski definition) is 2. The Balaban J connectivity index is 1.59. The van der Waals surface area contributed by atoms with E-state index in [1.54, 1.807) is 44.6 Å². The topological polar surface area (TPSA) is 74.3 Å². The standard InChI is InChI=1S/C21H27N3O4/c1-15(21(26)22-19-14-18(27-2)8-9-20(19)28-3)23-10-12-24(13-11-23)16-4-6-17(25)7-5-16/h4-9,14-15,25H,10-13H2,1-3H3,(H,22,26). The second-order valence-corrected chi connectivity index (χ2v) is 6.77. The molecule has 2 N–H and O–H groups in total. The SMILES string of the molecule is COc1ccc(OC)c(NC(=O)C(C)N2CCN(c3ccc(O)cc3)CC2)c1. The number of amides is 1. The zero-order chi connectivity index (χ0) is 20.1. The van der Waals surface area contributed by atoms with Crippen molar-refractivity contribution in [3.05, 3.63) is 42.5 Å². The highest BCUT2D eigenvalue weighted by molar-refractivity contribution is 5.96. The van der Waals surface area contributed by atoms with Crippen LogP contribution in [0.25, 0.3) is 0 Å². The molecule has 7 nitrogen and oxygen atoms in total. The van der Waals surface area contributed by atoms with Gasteiger partial charge in [0, 0.05) is 37.9 Å². The molecule has 1 atom stereocenters. The smallest absolute Gasteiger partial charge is 0.241 e. The highest BCUT2D eigenvalue weighted by Gasteiger charge is 2.26. The quantitative estimate of drug-likeness (QED) is 0.796. The fraction of sp³-hybridized carbons (Fsp3) is 0.381. The number of benzene rings is 2. The van der Waals surface area contributed by atoms with Gasteiger partial charge in [0.15, 0.2) is 0 Å². The van der Waals surface area contributed by atoms with Gasteiger partial charge in [-0.2, -0.15) is 0 Å². The molecule has 1 unspecified atom stereocenters. The summed E-state index contributed by atoms with van der Waals surface area (Å²) in [5.74, 6) is 1.44. The van der Waals surface area contributed by atoms with E-state index in [1.807, 2.05) is 19.1 Å². The van der Waals surface area contributed by atoms with Gasteiger partial charge in [-0.05, 0) is 43.3 Å². The van der Waals surface area contributed by atoms with Gasteiger partial charge in [-0.25, -0.2) is 0 Å². The minimum atomic E-state index is -0.266. The molecule has 150 valence electrons. The highest BCUT2D eigenvalue weighted by atomic mass is 16.5. The largest absolute Gasteiger partial charge is 0.508 e. The van der Waals surface area contributed by atoms with Crippen LogP contribution in [0.15, 0.2) is 42.5 Å². The van der Waals surface area contributed by atoms with Crippen LogP contribution in [0.5, 0.6) is 17.2 Å². The Labute approximate surface area is 165 Å². The molecule has 0 spiro atoms. The third-order valence-corrected chi connectivity index (χ3v) is 5.12. The number of rotatable bonds is 6. The summed E-state index contributed by atoms with van der Waals surface area (Å²) >= 11 is 0. The summed E-state index contributed by atoms with van der Waals surface area (Å²) in [5, 5.41) is 12.4. The number of phenolic OH excluding ortho intramolecular Hbond substituents is 1. The Hall–Kier alpha value is -2.93. The fourth-order valence-corrected chi connectivity index (χ4v) is 3.35. The lowest BCUT2D eigenvalue weighted by molar-refractivity contribution is -0.120. The van der Waals surface area contributed by atoms with Crippen LogP contribution in [-0.2, 0) is 4.79 Å². The van der Waals surface area contributed by atoms with Crippen molar-refractivity contribution in [1.82, 2.24) is 4.90 Å². The molecule has 1 aliphatic heterocycles. The summed E-state index contributed by atoms with van der Waals surface area (Å²) in [6, 6.07) is 12.3. The highest BCUT2D eigenvalue weighted by Crippen LogP contribution is 2.29. The molecule has 0 aromatic heterocycles. The molecule has 1 heterocycles. The molecule has 0 aliphatic carbocycles. The third kappa shape index (κ3) is 4.48. The number of phenols is 1. The average molecular weight is 385 g/mol. The number of hydrogen-bond acceptors (Lipinski definition) is 6. The molecule has 28 heavy (non-hydrogen) atoms. The summed E-state index contributed by atoms with van der Waals surface area (Å²) in [6.07, 6.45) is 0. The number of ether oxygens (including phenoxy) is 2. The van der Waals surface area contributed by atoms with Crippen molar-refractivity contribution in [2.45, 2.75) is 13.0 Å². The normalized spacial score (nSPS) is 15.8. The molecule has 1 amide bonds. The number of anilines is 2. The zero-order valence-corrected chi connectivity index (χ0v) is 16.5. The van der Waals surface area contributed by atoms with Crippen LogP contribution in [0.1, 0.15) is 6.92 Å². The summed E-state index contributed by atoms with van der Waals surface area (Å²) in [6.45, 7) is 5.13. The number of carbonyl (C=O) groups is 1. The Bertz CT molecular complexity index is 802. The first-order chi connectivity index (χ1) is 13.5. The van der Waals surface area contributed by atoms with E-state index in [-0.39, 0.29) is 17.7 Å². The molecule has 1 aliphatic rings. The van der Waals surface area contributed by atoms with E-state index in [0.717, 1.165) is 31.9 Å². The van der Waals surface area contributed by atoms with E-state index in [0.29, 0.717) is 17.2 Å². The van der Waals surface area contributed by atoms with Gasteiger partial charge < -0.3 is 24.8 Å². The number of nitrogens with zero attached hydrogens (tertiary/aromatic N) is 2. The number of nitrogens with one attached hydrogen (secondary N) is 1. The van der Waals surface area contributed by atoms with E-state index in [2.05, 4.69) is 15.1 Å². The Morgan fingerprint density at radius 3 is 2.32 bits per heavy atom. The molecule has 1 saturated heterocycles. The van der Waals surface area contributed by atoms with Gasteiger partial charge in [0.05, 0.1) is 25.9 Å². The summed E-state index contributed by atoms with van der Waals surface area (Å²) in [5.41, 5.74) is 1.68. The maximum absolute atomic E-state index is 12.8. The monoisotopic (exact) mass is 385 g/mol. The van der Waals surface area contributed by atoms with Crippen molar-refractivity contribution in [3.63, 3.8) is 0 Å². The Morgan fingerprint density at radius 2 is 1.71 bits per heavy atom. The minimum Gasteiger partial charge on any atom is -0.508 e. The van der Waals surface area contributed by atoms with Crippen molar-refractivity contribution in [3.8, 4) is 17.2 Å². The first-order valence-corrected chi connectivity index (χ1v) is 9.32. The molecule has 1 fully saturated rings. The zero-order valence-electron chi connectivity index (χ0n) is 16.5. The van der Waals surface area contributed by atoms with Gasteiger partial charge >= 0.3 is 0 Å². The molecule has 2 aromatic rings. The molecule has 2 aromatic carbocycles. The minimum absolute atomic E-state index is 0.0790. The van der Waals surface area contributed by atoms with Crippen LogP contribution >= 0.6 is 0 Å². The van der Waals surface area contributed by atoms with Gasteiger partial charge in [0.1, 0.15) is 17.2 Å². The van der Waals surface area contributed by atoms with Crippen LogP contribution in [0.3, 0.4) is 0 Å². The van der Waals surface area contributed by atoms with Crippen LogP contribution in [0.4, 0.5) is 11.4 Å². The second kappa shape index (κ2) is 8.84. The Kier molecular flexibility index (Phi) is 6.26. The lowest BCUT2D eigenvalue weighted by Crippen LogP contribution is -2.52. The lowest BCUT2D eigenvalue weighted by atomic mass is 10.2. The van der Waals surface area contributed by atoms with Gasteiger partial charge in [0.25, 0.3) is 0 Å². The number of aromatic hydroxyl groups is 1. The molecule has 7 heteroatoms. The second-order valence-electron chi connectivity index (χ2n) is 6.77. The van der Waals surface area contributed by atoms with E-state index in [4.69, 9.17) is 9.47 Å². The third-order valence-electron chi connectivity index (χ3n) is 5.12. The van der Waals surface area contributed by atoms with Gasteiger partial charge in [-0.1, -0.05) is 0 Å². The summed E-state index contributed by atoms with van der Waals surface area (Å²) < 4.78 is 10.6. The van der Waals surface area contributed by atoms with Crippen molar-refractivity contribution < 1.29 is 19.4 Å². The average Bonchev–Trinajstić information content (AvgIpc) is 2.73. The van der Waals surface area contributed by atoms with Crippen LogP contribution < -0.4 is 19.7 Å². The van der Waals surface area contributed by atoms with Crippen molar-refractivity contribution >= 4 is 17.3 Å². The predicted molar refractivity (Wildman–Crippen MR) is 110 cm³/mol. The van der Waals surface area contributed by atoms with E-state index < -0.39 is 0 Å². The Morgan fingerprint density at radius 1 is 1.04 bits per heavy atom. The lowest BCUT2D eigenvalue weighted by Gasteiger charge is -2.38. The molecule has 3 rings (SSSR count). The van der Waals surface area contributed by atoms with Gasteiger partial charge in [-0.3, -0.25) is 9.69 Å². The van der Waals surface area contributed by atoms with E-state index in [9.17, 15) is 9.90 Å². The first kappa shape index (κ1) is 19.8. The van der Waals surface area contributed by atoms with Crippen molar-refractivity contribution in [2.24, 2.45) is 0 Å². The predicted octanol–water partition coefficient (Wildman–Crippen LogP) is 2.56. The maximum atomic E-state index is 12.8. The van der Waals surface area contributed by atoms with Crippen LogP contribution in [0, 0.1) is 0 Å². The summed E-state index contributed by atoms with van der Waals surface area (Å²) in [7, 11) is 3.16. The number of methoxy groups -OCH3 is 2. The van der Waals surface area contributed by atoms with Crippen molar-refractivity contribution in [1.29, 1.82) is 0 Å². The molecular formula is C21H27N3O4. The van der Waals surface area contributed by atoms with Gasteiger partial charge in [-0.15, -0.1) is 0 Å². The number of piperazine rings is 1. The molecule has 0 saturated carbocycles. The van der Waals surface area contributed by atoms with Gasteiger partial charge in [0.2, 0.25) is 5.91 Å². The fourth-order valence-electron chi connectivity index (χ4n) is 3.35. The molecule has 0 bridgehead atoms. The van der Waals surface area contributed by atoms with Crippen molar-refractivity contribution in [2.75, 3.05) is 50.6 Å². The van der Waals surface area contributed by atoms with Crippen LogP contribution in [0.2, 0.25) is 0 Å². The molecule has 0 radical (unpaired) electrons. The van der Waals surface area contributed by atoms with Crippen LogP contribution in [-0.4, -0.2) is 62.4 Å². The van der Waals surface area contributed by atoms with E-state index in [1.165, 1.54) is 0 Å². The summed E-state index contributed by atoms with van der Waals surface area (Å²) in [4.78, 5) is 17.2. The number of carbonyl (C=O) groups excluding carboxylic acids is 1.